The molecule has 0 fully saturated rings. The molecule has 0 aliphatic carbocycles. The number of nitrogens with zero attached hydrogens (tertiary/aromatic N) is 1. The molecule has 0 spiro atoms. The van der Waals surface area contributed by atoms with Crippen LogP contribution in [0.15, 0.2) is 53.4 Å². The van der Waals surface area contributed by atoms with E-state index in [0.717, 1.165) is 10.6 Å². The number of hydrogen-bond acceptors (Lipinski definition) is 4. The number of carbonyl (C=O) groups excluding carboxylic acids is 2. The lowest BCUT2D eigenvalue weighted by molar-refractivity contribution is -0.120. The van der Waals surface area contributed by atoms with E-state index >= 15 is 0 Å². The van der Waals surface area contributed by atoms with E-state index in [-0.39, 0.29) is 18.2 Å². The highest BCUT2D eigenvalue weighted by molar-refractivity contribution is 8.01. The van der Waals surface area contributed by atoms with Crippen LogP contribution in [0.1, 0.15) is 12.0 Å². The van der Waals surface area contributed by atoms with Crippen molar-refractivity contribution in [1.82, 2.24) is 0 Å². The zero-order valence-corrected chi connectivity index (χ0v) is 12.9. The Morgan fingerprint density at radius 1 is 1.26 bits per heavy atom. The van der Waals surface area contributed by atoms with Gasteiger partial charge in [-0.05, 0) is 30.3 Å². The zero-order valence-electron chi connectivity index (χ0n) is 12.1. The average molecular weight is 323 g/mol. The van der Waals surface area contributed by atoms with Gasteiger partial charge in [0, 0.05) is 17.0 Å². The number of amides is 2. The van der Waals surface area contributed by atoms with Crippen LogP contribution in [0.25, 0.3) is 0 Å². The second-order valence-corrected chi connectivity index (χ2v) is 6.28. The molecule has 0 radical (unpaired) electrons. The predicted molar refractivity (Wildman–Crippen MR) is 89.1 cm³/mol. The molecule has 114 valence electrons. The molecule has 0 bridgehead atoms. The number of anilines is 2. The Balaban J connectivity index is 1.66. The number of fused-ring (bicyclic) bond motifs is 1. The van der Waals surface area contributed by atoms with Crippen LogP contribution in [-0.2, 0) is 9.59 Å². The maximum atomic E-state index is 12.2. The summed E-state index contributed by atoms with van der Waals surface area (Å²) >= 11 is 1.39. The van der Waals surface area contributed by atoms with Gasteiger partial charge in [0.1, 0.15) is 0 Å². The van der Waals surface area contributed by atoms with Crippen LogP contribution < -0.4 is 10.6 Å². The largest absolute Gasteiger partial charge is 0.326 e. The molecule has 3 rings (SSSR count). The first kappa shape index (κ1) is 15.1. The molecule has 2 aromatic carbocycles. The van der Waals surface area contributed by atoms with Crippen LogP contribution in [-0.4, -0.2) is 17.1 Å². The van der Waals surface area contributed by atoms with E-state index < -0.39 is 5.25 Å². The van der Waals surface area contributed by atoms with E-state index in [2.05, 4.69) is 10.6 Å². The van der Waals surface area contributed by atoms with Gasteiger partial charge in [-0.15, -0.1) is 11.8 Å². The Bertz CT molecular complexity index is 813. The Kier molecular flexibility index (Phi) is 4.31. The number of benzene rings is 2. The maximum absolute atomic E-state index is 12.2. The van der Waals surface area contributed by atoms with Gasteiger partial charge >= 0.3 is 0 Å². The molecule has 1 atom stereocenters. The summed E-state index contributed by atoms with van der Waals surface area (Å²) in [5, 5.41) is 13.9. The monoisotopic (exact) mass is 323 g/mol. The zero-order chi connectivity index (χ0) is 16.2. The molecule has 5 nitrogen and oxygen atoms in total. The van der Waals surface area contributed by atoms with Crippen molar-refractivity contribution in [3.63, 3.8) is 0 Å². The number of nitrogens with one attached hydrogen (secondary N) is 2. The fourth-order valence-electron chi connectivity index (χ4n) is 2.27. The Hall–Kier alpha value is -2.78. The third-order valence-electron chi connectivity index (χ3n) is 3.35. The van der Waals surface area contributed by atoms with Gasteiger partial charge < -0.3 is 10.6 Å². The van der Waals surface area contributed by atoms with Crippen LogP contribution in [0, 0.1) is 11.3 Å². The van der Waals surface area contributed by atoms with E-state index in [1.54, 1.807) is 24.3 Å². The highest BCUT2D eigenvalue weighted by Gasteiger charge is 2.28. The number of carbonyl (C=O) groups is 2. The molecule has 0 unspecified atom stereocenters. The normalized spacial score (nSPS) is 16.0. The van der Waals surface area contributed by atoms with Gasteiger partial charge in [-0.25, -0.2) is 0 Å². The van der Waals surface area contributed by atoms with Gasteiger partial charge in [0.15, 0.2) is 0 Å². The van der Waals surface area contributed by atoms with Gasteiger partial charge in [0.2, 0.25) is 11.8 Å². The summed E-state index contributed by atoms with van der Waals surface area (Å²) in [6, 6.07) is 16.2. The fraction of sp³-hybridized carbons (Fsp3) is 0.118. The second-order valence-electron chi connectivity index (χ2n) is 5.04. The number of rotatable bonds is 3. The highest BCUT2D eigenvalue weighted by Crippen LogP contribution is 2.36. The van der Waals surface area contributed by atoms with E-state index in [1.807, 2.05) is 30.3 Å². The molecule has 2 amide bonds. The third kappa shape index (κ3) is 3.52. The molecule has 0 aromatic heterocycles. The van der Waals surface area contributed by atoms with Crippen LogP contribution >= 0.6 is 11.8 Å². The first-order chi connectivity index (χ1) is 11.2. The van der Waals surface area contributed by atoms with Crippen molar-refractivity contribution >= 4 is 35.0 Å². The lowest BCUT2D eigenvalue weighted by Gasteiger charge is -2.23. The van der Waals surface area contributed by atoms with Crippen molar-refractivity contribution in [1.29, 1.82) is 5.26 Å². The van der Waals surface area contributed by atoms with Crippen molar-refractivity contribution in [3.05, 3.63) is 54.1 Å². The maximum Gasteiger partial charge on any atom is 0.238 e. The smallest absolute Gasteiger partial charge is 0.238 e. The minimum absolute atomic E-state index is 0.0710. The quantitative estimate of drug-likeness (QED) is 0.909. The molecule has 0 saturated heterocycles. The molecule has 2 N–H and O–H groups in total. The summed E-state index contributed by atoms with van der Waals surface area (Å²) in [6.07, 6.45) is 0.0710. The third-order valence-corrected chi connectivity index (χ3v) is 4.63. The topological polar surface area (TPSA) is 82.0 Å². The van der Waals surface area contributed by atoms with Crippen LogP contribution in [0.4, 0.5) is 11.4 Å². The van der Waals surface area contributed by atoms with E-state index in [0.29, 0.717) is 11.3 Å². The number of thioether (sulfide) groups is 1. The van der Waals surface area contributed by atoms with E-state index in [1.165, 1.54) is 11.8 Å². The number of nitriles is 1. The van der Waals surface area contributed by atoms with Crippen molar-refractivity contribution in [2.45, 2.75) is 16.6 Å². The van der Waals surface area contributed by atoms with Crippen molar-refractivity contribution in [2.24, 2.45) is 0 Å². The summed E-state index contributed by atoms with van der Waals surface area (Å²) in [5.41, 5.74) is 1.80. The molecule has 1 aliphatic heterocycles. The molecule has 1 heterocycles. The minimum Gasteiger partial charge on any atom is -0.326 e. The highest BCUT2D eigenvalue weighted by atomic mass is 32.2. The first-order valence-corrected chi connectivity index (χ1v) is 7.90. The van der Waals surface area contributed by atoms with Gasteiger partial charge in [-0.3, -0.25) is 9.59 Å². The number of para-hydroxylation sites is 1. The molecular formula is C17H13N3O2S. The van der Waals surface area contributed by atoms with Crippen molar-refractivity contribution in [2.75, 3.05) is 10.6 Å². The first-order valence-electron chi connectivity index (χ1n) is 7.02. The predicted octanol–water partition coefficient (Wildman–Crippen LogP) is 3.00. The lowest BCUT2D eigenvalue weighted by Crippen LogP contribution is -2.32. The Morgan fingerprint density at radius 2 is 2.09 bits per heavy atom. The summed E-state index contributed by atoms with van der Waals surface area (Å²) in [7, 11) is 0. The van der Waals surface area contributed by atoms with Crippen molar-refractivity contribution in [3.8, 4) is 6.07 Å². The number of hydrogen-bond donors (Lipinski definition) is 2. The summed E-state index contributed by atoms with van der Waals surface area (Å²) in [5.74, 6) is -0.429. The summed E-state index contributed by atoms with van der Waals surface area (Å²) in [6.45, 7) is 0. The second kappa shape index (κ2) is 6.55. The molecular weight excluding hydrogens is 310 g/mol. The molecule has 1 aliphatic rings. The lowest BCUT2D eigenvalue weighted by atomic mass is 10.2. The van der Waals surface area contributed by atoms with Crippen LogP contribution in [0.3, 0.4) is 0 Å². The Morgan fingerprint density at radius 3 is 2.91 bits per heavy atom. The SMILES string of the molecule is N#Cc1cccc(NC(=O)C[C@H]2Sc3ccccc3NC2=O)c1. The Labute approximate surface area is 137 Å². The average Bonchev–Trinajstić information content (AvgIpc) is 2.55. The van der Waals surface area contributed by atoms with Crippen molar-refractivity contribution < 1.29 is 9.59 Å². The van der Waals surface area contributed by atoms with Gasteiger partial charge in [-0.2, -0.15) is 5.26 Å². The van der Waals surface area contributed by atoms with Gasteiger partial charge in [-0.1, -0.05) is 18.2 Å². The van der Waals surface area contributed by atoms with E-state index in [9.17, 15) is 9.59 Å². The van der Waals surface area contributed by atoms with Crippen LogP contribution in [0.2, 0.25) is 0 Å². The standard InChI is InChI=1S/C17H13N3O2S/c18-10-11-4-3-5-12(8-11)19-16(21)9-15-17(22)20-13-6-1-2-7-14(13)23-15/h1-8,15H,9H2,(H,19,21)(H,20,22)/t15-/m1/s1. The van der Waals surface area contributed by atoms with Gasteiger partial charge in [0.05, 0.1) is 22.6 Å². The molecule has 23 heavy (non-hydrogen) atoms. The molecule has 2 aromatic rings. The minimum atomic E-state index is -0.468. The van der Waals surface area contributed by atoms with Gasteiger partial charge in [0.25, 0.3) is 0 Å². The molecule has 0 saturated carbocycles. The fourth-order valence-corrected chi connectivity index (χ4v) is 3.38. The summed E-state index contributed by atoms with van der Waals surface area (Å²) < 4.78 is 0. The van der Waals surface area contributed by atoms with Crippen LogP contribution in [0.5, 0.6) is 0 Å². The summed E-state index contributed by atoms with van der Waals surface area (Å²) in [4.78, 5) is 25.2. The molecule has 6 heteroatoms. The van der Waals surface area contributed by atoms with E-state index in [4.69, 9.17) is 5.26 Å².